The highest BCUT2D eigenvalue weighted by molar-refractivity contribution is 6.51. The minimum Gasteiger partial charge on any atom is -0.507 e. The third kappa shape index (κ3) is 4.55. The van der Waals surface area contributed by atoms with E-state index in [2.05, 4.69) is 0 Å². The van der Waals surface area contributed by atoms with E-state index in [1.165, 1.54) is 19.1 Å². The van der Waals surface area contributed by atoms with Gasteiger partial charge < -0.3 is 19.3 Å². The van der Waals surface area contributed by atoms with E-state index in [9.17, 15) is 14.7 Å². The Morgan fingerprint density at radius 3 is 2.34 bits per heavy atom. The van der Waals surface area contributed by atoms with E-state index in [4.69, 9.17) is 25.8 Å². The van der Waals surface area contributed by atoms with E-state index < -0.39 is 17.7 Å². The van der Waals surface area contributed by atoms with E-state index >= 15 is 0 Å². The van der Waals surface area contributed by atoms with Crippen LogP contribution in [0, 0.1) is 0 Å². The van der Waals surface area contributed by atoms with Crippen LogP contribution >= 0.6 is 11.6 Å². The maximum absolute atomic E-state index is 13.3. The van der Waals surface area contributed by atoms with E-state index in [-0.39, 0.29) is 11.3 Å². The second-order valence-electron chi connectivity index (χ2n) is 7.72. The number of ketones is 1. The number of anilines is 1. The fourth-order valence-electron chi connectivity index (χ4n) is 4.10. The highest BCUT2D eigenvalue weighted by atomic mass is 35.5. The van der Waals surface area contributed by atoms with Crippen LogP contribution < -0.4 is 19.1 Å². The summed E-state index contributed by atoms with van der Waals surface area (Å²) in [5, 5.41) is 11.8. The van der Waals surface area contributed by atoms with Crippen LogP contribution in [0.4, 0.5) is 5.69 Å². The Kier molecular flexibility index (Phi) is 6.98. The molecule has 1 N–H and O–H groups in total. The van der Waals surface area contributed by atoms with Gasteiger partial charge in [-0.25, -0.2) is 0 Å². The normalized spacial score (nSPS) is 16.9. The number of hydrogen-bond acceptors (Lipinski definition) is 6. The molecule has 180 valence electrons. The molecule has 1 saturated heterocycles. The molecule has 3 aromatic rings. The van der Waals surface area contributed by atoms with Crippen molar-refractivity contribution in [2.75, 3.05) is 25.7 Å². The Balaban J connectivity index is 1.93. The Morgan fingerprint density at radius 2 is 1.69 bits per heavy atom. The average Bonchev–Trinajstić information content (AvgIpc) is 3.14. The molecule has 0 saturated carbocycles. The van der Waals surface area contributed by atoms with Crippen LogP contribution in [0.15, 0.2) is 72.3 Å². The number of amides is 1. The largest absolute Gasteiger partial charge is 0.507 e. The predicted octanol–water partition coefficient (Wildman–Crippen LogP) is 5.38. The molecule has 1 amide bonds. The summed E-state index contributed by atoms with van der Waals surface area (Å²) in [6, 6.07) is 17.6. The predicted molar refractivity (Wildman–Crippen MR) is 133 cm³/mol. The van der Waals surface area contributed by atoms with Crippen molar-refractivity contribution in [3.8, 4) is 17.2 Å². The van der Waals surface area contributed by atoms with Crippen molar-refractivity contribution >= 4 is 34.7 Å². The van der Waals surface area contributed by atoms with Crippen LogP contribution in [0.25, 0.3) is 5.76 Å². The van der Waals surface area contributed by atoms with Crippen LogP contribution in [-0.2, 0) is 9.59 Å². The van der Waals surface area contributed by atoms with Crippen LogP contribution in [0.2, 0.25) is 5.02 Å². The molecule has 0 bridgehead atoms. The van der Waals surface area contributed by atoms with Crippen molar-refractivity contribution in [3.63, 3.8) is 0 Å². The van der Waals surface area contributed by atoms with Crippen molar-refractivity contribution < 1.29 is 28.9 Å². The number of rotatable bonds is 7. The zero-order valence-corrected chi connectivity index (χ0v) is 20.2. The van der Waals surface area contributed by atoms with E-state index in [0.717, 1.165) is 0 Å². The summed E-state index contributed by atoms with van der Waals surface area (Å²) in [5.74, 6) is -0.476. The number of methoxy groups -OCH3 is 2. The van der Waals surface area contributed by atoms with Gasteiger partial charge in [0.15, 0.2) is 11.5 Å². The first-order valence-electron chi connectivity index (χ1n) is 10.9. The molecule has 7 nitrogen and oxygen atoms in total. The first kappa shape index (κ1) is 24.2. The van der Waals surface area contributed by atoms with Gasteiger partial charge in [-0.1, -0.05) is 23.7 Å². The molecule has 1 heterocycles. The quantitative estimate of drug-likeness (QED) is 0.270. The van der Waals surface area contributed by atoms with E-state index in [1.807, 2.05) is 6.92 Å². The topological polar surface area (TPSA) is 85.3 Å². The molecule has 4 rings (SSSR count). The SMILES string of the molecule is CCOc1cccc(C2/C(=C(\O)c3ccc(OC)c(OC)c3)C(=O)C(=O)N2c2ccc(Cl)cc2)c1. The van der Waals surface area contributed by atoms with Crippen molar-refractivity contribution in [2.24, 2.45) is 0 Å². The monoisotopic (exact) mass is 493 g/mol. The summed E-state index contributed by atoms with van der Waals surface area (Å²) in [6.07, 6.45) is 0. The summed E-state index contributed by atoms with van der Waals surface area (Å²) < 4.78 is 16.3. The molecule has 1 fully saturated rings. The number of ether oxygens (including phenoxy) is 3. The van der Waals surface area contributed by atoms with E-state index in [1.54, 1.807) is 66.7 Å². The highest BCUT2D eigenvalue weighted by Gasteiger charge is 2.47. The number of Topliss-reactive ketones (excluding diaryl/α,β-unsaturated/α-hetero) is 1. The van der Waals surface area contributed by atoms with Crippen LogP contribution in [0.5, 0.6) is 17.2 Å². The lowest BCUT2D eigenvalue weighted by molar-refractivity contribution is -0.132. The highest BCUT2D eigenvalue weighted by Crippen LogP contribution is 2.43. The Bertz CT molecular complexity index is 1300. The van der Waals surface area contributed by atoms with Gasteiger partial charge in [0.25, 0.3) is 11.7 Å². The standard InChI is InChI=1S/C27H24ClNO6/c1-4-35-20-7-5-6-16(14-20)24-23(25(30)17-8-13-21(33-2)22(15-17)34-3)26(31)27(32)29(24)19-11-9-18(28)10-12-19/h5-15,24,30H,4H2,1-3H3/b25-23+. The molecule has 0 aromatic heterocycles. The number of carbonyl (C=O) groups excluding carboxylic acids is 2. The van der Waals surface area contributed by atoms with Crippen molar-refractivity contribution in [1.82, 2.24) is 0 Å². The molecule has 0 radical (unpaired) electrons. The zero-order chi connectivity index (χ0) is 25.1. The van der Waals surface area contributed by atoms with Crippen LogP contribution in [-0.4, -0.2) is 37.6 Å². The fourth-order valence-corrected chi connectivity index (χ4v) is 4.22. The maximum Gasteiger partial charge on any atom is 0.300 e. The first-order chi connectivity index (χ1) is 16.9. The summed E-state index contributed by atoms with van der Waals surface area (Å²) in [5.41, 5.74) is 1.33. The first-order valence-corrected chi connectivity index (χ1v) is 11.3. The van der Waals surface area contributed by atoms with Gasteiger partial charge in [0.05, 0.1) is 32.4 Å². The van der Waals surface area contributed by atoms with E-state index in [0.29, 0.717) is 45.7 Å². The van der Waals surface area contributed by atoms with Crippen LogP contribution in [0.3, 0.4) is 0 Å². The number of aliphatic hydroxyl groups is 1. The summed E-state index contributed by atoms with van der Waals surface area (Å²) >= 11 is 6.05. The van der Waals surface area contributed by atoms with Crippen molar-refractivity contribution in [1.29, 1.82) is 0 Å². The lowest BCUT2D eigenvalue weighted by Crippen LogP contribution is -2.29. The smallest absolute Gasteiger partial charge is 0.300 e. The number of hydrogen-bond donors (Lipinski definition) is 1. The number of aliphatic hydroxyl groups excluding tert-OH is 1. The second-order valence-corrected chi connectivity index (χ2v) is 8.16. The minimum atomic E-state index is -0.898. The van der Waals surface area contributed by atoms with Gasteiger partial charge in [-0.05, 0) is 67.1 Å². The zero-order valence-electron chi connectivity index (χ0n) is 19.4. The third-order valence-corrected chi connectivity index (χ3v) is 5.94. The van der Waals surface area contributed by atoms with Gasteiger partial charge in [0.1, 0.15) is 11.5 Å². The lowest BCUT2D eigenvalue weighted by atomic mass is 9.95. The van der Waals surface area contributed by atoms with Gasteiger partial charge in [-0.2, -0.15) is 0 Å². The molecule has 35 heavy (non-hydrogen) atoms. The molecule has 8 heteroatoms. The van der Waals surface area contributed by atoms with Crippen molar-refractivity contribution in [3.05, 3.63) is 88.5 Å². The Labute approximate surface area is 208 Å². The van der Waals surface area contributed by atoms with Gasteiger partial charge >= 0.3 is 0 Å². The number of carbonyl (C=O) groups is 2. The van der Waals surface area contributed by atoms with Gasteiger partial charge in [0, 0.05) is 16.3 Å². The second kappa shape index (κ2) is 10.1. The number of nitrogens with zero attached hydrogens (tertiary/aromatic N) is 1. The molecule has 1 unspecified atom stereocenters. The Hall–Kier alpha value is -3.97. The minimum absolute atomic E-state index is 0.0502. The molecule has 0 aliphatic carbocycles. The number of benzene rings is 3. The molecule has 1 atom stereocenters. The summed E-state index contributed by atoms with van der Waals surface area (Å²) in [4.78, 5) is 28.0. The molecule has 1 aliphatic rings. The molecule has 3 aromatic carbocycles. The van der Waals surface area contributed by atoms with Gasteiger partial charge in [0.2, 0.25) is 0 Å². The molecular weight excluding hydrogens is 470 g/mol. The van der Waals surface area contributed by atoms with Gasteiger partial charge in [-0.3, -0.25) is 14.5 Å². The average molecular weight is 494 g/mol. The van der Waals surface area contributed by atoms with Gasteiger partial charge in [-0.15, -0.1) is 0 Å². The number of halogens is 1. The molecule has 0 spiro atoms. The summed E-state index contributed by atoms with van der Waals surface area (Å²) in [6.45, 7) is 2.32. The van der Waals surface area contributed by atoms with Crippen LogP contribution in [0.1, 0.15) is 24.1 Å². The maximum atomic E-state index is 13.3. The molecular formula is C27H24ClNO6. The Morgan fingerprint density at radius 1 is 0.971 bits per heavy atom. The molecule has 1 aliphatic heterocycles. The third-order valence-electron chi connectivity index (χ3n) is 5.69. The van der Waals surface area contributed by atoms with Crippen molar-refractivity contribution in [2.45, 2.75) is 13.0 Å². The fraction of sp³-hybridized carbons (Fsp3) is 0.185. The summed E-state index contributed by atoms with van der Waals surface area (Å²) in [7, 11) is 2.97. The lowest BCUT2D eigenvalue weighted by Gasteiger charge is -2.26.